The fourth-order valence-corrected chi connectivity index (χ4v) is 2.62. The first kappa shape index (κ1) is 20.7. The molecule has 0 aromatic heterocycles. The van der Waals surface area contributed by atoms with E-state index in [1.54, 1.807) is 26.2 Å². The van der Waals surface area contributed by atoms with Gasteiger partial charge in [0.2, 0.25) is 0 Å². The van der Waals surface area contributed by atoms with Crippen molar-refractivity contribution in [2.24, 2.45) is 4.99 Å². The summed E-state index contributed by atoms with van der Waals surface area (Å²) in [6, 6.07) is 12.3. The summed E-state index contributed by atoms with van der Waals surface area (Å²) in [5.41, 5.74) is 2.19. The van der Waals surface area contributed by atoms with Crippen molar-refractivity contribution in [3.8, 4) is 5.75 Å². The highest BCUT2D eigenvalue weighted by Crippen LogP contribution is 2.19. The molecule has 0 aliphatic carbocycles. The lowest BCUT2D eigenvalue weighted by Gasteiger charge is -2.19. The Morgan fingerprint density at radius 3 is 2.67 bits per heavy atom. The number of aliphatic imine (C=N–C) groups is 1. The van der Waals surface area contributed by atoms with Gasteiger partial charge in [0.15, 0.2) is 5.96 Å². The van der Waals surface area contributed by atoms with Gasteiger partial charge in [0.1, 0.15) is 11.6 Å². The first-order valence-corrected chi connectivity index (χ1v) is 9.07. The van der Waals surface area contributed by atoms with Crippen molar-refractivity contribution >= 4 is 5.96 Å². The molecule has 5 nitrogen and oxygen atoms in total. The van der Waals surface area contributed by atoms with Crippen molar-refractivity contribution in [3.63, 3.8) is 0 Å². The molecule has 2 rings (SSSR count). The second kappa shape index (κ2) is 9.92. The predicted octanol–water partition coefficient (Wildman–Crippen LogP) is 3.49. The number of halogens is 1. The Bertz CT molecular complexity index is 780. The molecule has 2 aromatic rings. The largest absolute Gasteiger partial charge is 0.497 e. The molecule has 3 N–H and O–H groups in total. The molecule has 0 radical (unpaired) electrons. The zero-order chi connectivity index (χ0) is 19.8. The Morgan fingerprint density at radius 2 is 2.00 bits per heavy atom. The Morgan fingerprint density at radius 1 is 1.22 bits per heavy atom. The first-order chi connectivity index (χ1) is 12.9. The van der Waals surface area contributed by atoms with Crippen molar-refractivity contribution in [2.45, 2.75) is 32.9 Å². The third kappa shape index (κ3) is 5.96. The highest BCUT2D eigenvalue weighted by Gasteiger charge is 2.12. The van der Waals surface area contributed by atoms with Crippen molar-refractivity contribution in [3.05, 3.63) is 65.0 Å². The van der Waals surface area contributed by atoms with Crippen molar-refractivity contribution in [1.29, 1.82) is 0 Å². The average molecular weight is 373 g/mol. The van der Waals surface area contributed by atoms with Crippen LogP contribution in [-0.2, 0) is 0 Å². The van der Waals surface area contributed by atoms with E-state index in [9.17, 15) is 9.50 Å². The maximum absolute atomic E-state index is 13.8. The van der Waals surface area contributed by atoms with Crippen LogP contribution in [0, 0.1) is 12.7 Å². The predicted molar refractivity (Wildman–Crippen MR) is 107 cm³/mol. The minimum atomic E-state index is -0.748. The molecule has 0 fully saturated rings. The number of nitrogens with zero attached hydrogens (tertiary/aromatic N) is 1. The molecule has 0 spiro atoms. The summed E-state index contributed by atoms with van der Waals surface area (Å²) in [6.07, 6.45) is -0.748. The Labute approximate surface area is 160 Å². The quantitative estimate of drug-likeness (QED) is 0.513. The van der Waals surface area contributed by atoms with E-state index in [2.05, 4.69) is 15.6 Å². The molecule has 0 saturated carbocycles. The SMILES string of the molecule is CCNC(=NCC(O)c1cccc(OC)c1)NC(C)c1ccc(C)c(F)c1. The lowest BCUT2D eigenvalue weighted by molar-refractivity contribution is 0.186. The maximum Gasteiger partial charge on any atom is 0.191 e. The Kier molecular flexibility index (Phi) is 7.61. The van der Waals surface area contributed by atoms with E-state index in [0.29, 0.717) is 23.8 Å². The topological polar surface area (TPSA) is 65.9 Å². The first-order valence-electron chi connectivity index (χ1n) is 9.07. The van der Waals surface area contributed by atoms with Gasteiger partial charge in [-0.25, -0.2) is 4.39 Å². The van der Waals surface area contributed by atoms with Crippen molar-refractivity contribution < 1.29 is 14.2 Å². The molecule has 6 heteroatoms. The standard InChI is InChI=1S/C21H28FN3O2/c1-5-23-21(25-15(3)16-10-9-14(2)19(22)12-16)24-13-20(26)17-7-6-8-18(11-17)27-4/h6-12,15,20,26H,5,13H2,1-4H3,(H2,23,24,25). The number of methoxy groups -OCH3 is 1. The highest BCUT2D eigenvalue weighted by molar-refractivity contribution is 5.80. The van der Waals surface area contributed by atoms with Gasteiger partial charge in [-0.2, -0.15) is 0 Å². The summed E-state index contributed by atoms with van der Waals surface area (Å²) in [4.78, 5) is 4.46. The number of rotatable bonds is 7. The van der Waals surface area contributed by atoms with E-state index in [4.69, 9.17) is 4.74 Å². The molecular formula is C21H28FN3O2. The number of benzene rings is 2. The third-order valence-electron chi connectivity index (χ3n) is 4.29. The Hall–Kier alpha value is -2.60. The molecule has 0 aliphatic rings. The molecule has 0 saturated heterocycles. The molecule has 27 heavy (non-hydrogen) atoms. The lowest BCUT2D eigenvalue weighted by atomic mass is 10.1. The molecule has 146 valence electrons. The van der Waals surface area contributed by atoms with Crippen LogP contribution in [0.4, 0.5) is 4.39 Å². The van der Waals surface area contributed by atoms with Crippen LogP contribution < -0.4 is 15.4 Å². The average Bonchev–Trinajstić information content (AvgIpc) is 2.68. The number of ether oxygens (including phenoxy) is 1. The summed E-state index contributed by atoms with van der Waals surface area (Å²) >= 11 is 0. The zero-order valence-electron chi connectivity index (χ0n) is 16.3. The zero-order valence-corrected chi connectivity index (χ0v) is 16.3. The molecular weight excluding hydrogens is 345 g/mol. The summed E-state index contributed by atoms with van der Waals surface area (Å²) in [7, 11) is 1.59. The minimum absolute atomic E-state index is 0.133. The number of hydrogen-bond acceptors (Lipinski definition) is 3. The van der Waals surface area contributed by atoms with Gasteiger partial charge in [-0.05, 0) is 55.7 Å². The lowest BCUT2D eigenvalue weighted by Crippen LogP contribution is -2.39. The van der Waals surface area contributed by atoms with Gasteiger partial charge in [0, 0.05) is 6.54 Å². The maximum atomic E-state index is 13.8. The highest BCUT2D eigenvalue weighted by atomic mass is 19.1. The normalized spacial score (nSPS) is 13.8. The smallest absolute Gasteiger partial charge is 0.191 e. The summed E-state index contributed by atoms with van der Waals surface area (Å²) in [5.74, 6) is 1.03. The van der Waals surface area contributed by atoms with Gasteiger partial charge in [-0.1, -0.05) is 24.3 Å². The van der Waals surface area contributed by atoms with Crippen LogP contribution in [-0.4, -0.2) is 31.3 Å². The van der Waals surface area contributed by atoms with E-state index in [-0.39, 0.29) is 18.4 Å². The fourth-order valence-electron chi connectivity index (χ4n) is 2.62. The molecule has 0 heterocycles. The molecule has 0 bridgehead atoms. The van der Waals surface area contributed by atoms with Gasteiger partial charge in [0.25, 0.3) is 0 Å². The van der Waals surface area contributed by atoms with E-state index in [0.717, 1.165) is 11.1 Å². The van der Waals surface area contributed by atoms with Crippen LogP contribution in [0.15, 0.2) is 47.5 Å². The van der Waals surface area contributed by atoms with Gasteiger partial charge in [0.05, 0.1) is 25.8 Å². The minimum Gasteiger partial charge on any atom is -0.497 e. The van der Waals surface area contributed by atoms with Crippen LogP contribution >= 0.6 is 0 Å². The van der Waals surface area contributed by atoms with Gasteiger partial charge < -0.3 is 20.5 Å². The van der Waals surface area contributed by atoms with E-state index >= 15 is 0 Å². The molecule has 0 aliphatic heterocycles. The van der Waals surface area contributed by atoms with Crippen molar-refractivity contribution in [2.75, 3.05) is 20.2 Å². The number of guanidine groups is 1. The van der Waals surface area contributed by atoms with Crippen molar-refractivity contribution in [1.82, 2.24) is 10.6 Å². The van der Waals surface area contributed by atoms with Crippen LogP contribution in [0.3, 0.4) is 0 Å². The summed E-state index contributed by atoms with van der Waals surface area (Å²) < 4.78 is 19.0. The van der Waals surface area contributed by atoms with Crippen LogP contribution in [0.5, 0.6) is 5.75 Å². The number of aryl methyl sites for hydroxylation is 1. The second-order valence-corrected chi connectivity index (χ2v) is 6.39. The summed E-state index contributed by atoms with van der Waals surface area (Å²) in [5, 5.41) is 16.8. The van der Waals surface area contributed by atoms with E-state index < -0.39 is 6.10 Å². The van der Waals surface area contributed by atoms with Gasteiger partial charge >= 0.3 is 0 Å². The number of nitrogens with one attached hydrogen (secondary N) is 2. The molecule has 0 amide bonds. The number of aliphatic hydroxyl groups is 1. The molecule has 2 aromatic carbocycles. The monoisotopic (exact) mass is 373 g/mol. The van der Waals surface area contributed by atoms with E-state index in [1.165, 1.54) is 6.07 Å². The van der Waals surface area contributed by atoms with Gasteiger partial charge in [-0.3, -0.25) is 4.99 Å². The van der Waals surface area contributed by atoms with Gasteiger partial charge in [-0.15, -0.1) is 0 Å². The third-order valence-corrected chi connectivity index (χ3v) is 4.29. The van der Waals surface area contributed by atoms with Crippen LogP contribution in [0.1, 0.15) is 42.7 Å². The number of aliphatic hydroxyl groups excluding tert-OH is 1. The number of hydrogen-bond donors (Lipinski definition) is 3. The van der Waals surface area contributed by atoms with E-state index in [1.807, 2.05) is 38.1 Å². The Balaban J connectivity index is 2.07. The fraction of sp³-hybridized carbons (Fsp3) is 0.381. The molecule has 2 unspecified atom stereocenters. The summed E-state index contributed by atoms with van der Waals surface area (Å²) in [6.45, 7) is 6.51. The van der Waals surface area contributed by atoms with Crippen LogP contribution in [0.25, 0.3) is 0 Å². The molecule has 2 atom stereocenters. The second-order valence-electron chi connectivity index (χ2n) is 6.39. The van der Waals surface area contributed by atoms with Crippen LogP contribution in [0.2, 0.25) is 0 Å².